The molecule has 0 aliphatic heterocycles. The Morgan fingerprint density at radius 2 is 2.22 bits per heavy atom. The number of carbonyl (C=O) groups excluding carboxylic acids is 1. The molecule has 1 aliphatic rings. The number of nitrogens with one attached hydrogen (secondary N) is 2. The monoisotopic (exact) mass is 247 g/mol. The predicted molar refractivity (Wildman–Crippen MR) is 71.2 cm³/mol. The summed E-state index contributed by atoms with van der Waals surface area (Å²) >= 11 is 0. The van der Waals surface area contributed by atoms with Crippen LogP contribution in [0.15, 0.2) is 24.4 Å². The first-order valence-electron chi connectivity index (χ1n) is 6.74. The lowest BCUT2D eigenvalue weighted by molar-refractivity contribution is -0.121. The number of aromatic nitrogens is 1. The van der Waals surface area contributed by atoms with E-state index in [0.717, 1.165) is 44.5 Å². The van der Waals surface area contributed by atoms with E-state index in [-0.39, 0.29) is 5.91 Å². The fourth-order valence-corrected chi connectivity index (χ4v) is 1.79. The maximum absolute atomic E-state index is 11.4. The van der Waals surface area contributed by atoms with Crippen molar-refractivity contribution < 1.29 is 4.79 Å². The smallest absolute Gasteiger partial charge is 0.220 e. The summed E-state index contributed by atoms with van der Waals surface area (Å²) in [7, 11) is 0. The number of hydrogen-bond donors (Lipinski definition) is 2. The molecule has 0 aromatic carbocycles. The maximum atomic E-state index is 11.4. The Labute approximate surface area is 108 Å². The van der Waals surface area contributed by atoms with Gasteiger partial charge in [-0.3, -0.25) is 9.78 Å². The summed E-state index contributed by atoms with van der Waals surface area (Å²) < 4.78 is 0. The Hall–Kier alpha value is -1.42. The van der Waals surface area contributed by atoms with Gasteiger partial charge in [0, 0.05) is 37.3 Å². The second-order valence-corrected chi connectivity index (χ2v) is 4.77. The van der Waals surface area contributed by atoms with Gasteiger partial charge in [-0.2, -0.15) is 0 Å². The first-order valence-corrected chi connectivity index (χ1v) is 6.74. The van der Waals surface area contributed by atoms with Crippen LogP contribution in [0.4, 0.5) is 0 Å². The van der Waals surface area contributed by atoms with E-state index in [0.29, 0.717) is 12.5 Å². The Kier molecular flexibility index (Phi) is 5.15. The van der Waals surface area contributed by atoms with Crippen LogP contribution < -0.4 is 10.6 Å². The van der Waals surface area contributed by atoms with Crippen molar-refractivity contribution in [2.24, 2.45) is 0 Å². The van der Waals surface area contributed by atoms with Gasteiger partial charge < -0.3 is 10.6 Å². The third-order valence-electron chi connectivity index (χ3n) is 2.98. The largest absolute Gasteiger partial charge is 0.353 e. The molecule has 0 bridgehead atoms. The first-order chi connectivity index (χ1) is 8.84. The highest BCUT2D eigenvalue weighted by molar-refractivity contribution is 5.76. The molecule has 4 nitrogen and oxygen atoms in total. The van der Waals surface area contributed by atoms with Crippen LogP contribution in [-0.2, 0) is 11.2 Å². The molecular formula is C14H21N3O. The summed E-state index contributed by atoms with van der Waals surface area (Å²) in [5.41, 5.74) is 1.11. The molecule has 1 aromatic rings. The van der Waals surface area contributed by atoms with Gasteiger partial charge in [-0.05, 0) is 37.9 Å². The highest BCUT2D eigenvalue weighted by Gasteiger charge is 2.22. The van der Waals surface area contributed by atoms with E-state index in [4.69, 9.17) is 0 Å². The zero-order valence-corrected chi connectivity index (χ0v) is 10.7. The summed E-state index contributed by atoms with van der Waals surface area (Å²) in [6, 6.07) is 6.44. The summed E-state index contributed by atoms with van der Waals surface area (Å²) in [4.78, 5) is 15.7. The molecule has 1 fully saturated rings. The van der Waals surface area contributed by atoms with Crippen LogP contribution in [0.25, 0.3) is 0 Å². The van der Waals surface area contributed by atoms with Gasteiger partial charge in [-0.1, -0.05) is 6.07 Å². The normalized spacial score (nSPS) is 14.4. The minimum absolute atomic E-state index is 0.198. The van der Waals surface area contributed by atoms with E-state index < -0.39 is 0 Å². The van der Waals surface area contributed by atoms with E-state index in [1.807, 2.05) is 24.4 Å². The van der Waals surface area contributed by atoms with Crippen LogP contribution in [0.2, 0.25) is 0 Å². The van der Waals surface area contributed by atoms with Crippen molar-refractivity contribution in [3.8, 4) is 0 Å². The highest BCUT2D eigenvalue weighted by atomic mass is 16.1. The van der Waals surface area contributed by atoms with Crippen molar-refractivity contribution in [1.82, 2.24) is 15.6 Å². The molecule has 4 heteroatoms. The Morgan fingerprint density at radius 3 is 2.94 bits per heavy atom. The second-order valence-electron chi connectivity index (χ2n) is 4.77. The van der Waals surface area contributed by atoms with Crippen molar-refractivity contribution in [3.05, 3.63) is 30.1 Å². The molecule has 2 rings (SSSR count). The van der Waals surface area contributed by atoms with Crippen molar-refractivity contribution >= 4 is 5.91 Å². The molecule has 0 radical (unpaired) electrons. The van der Waals surface area contributed by atoms with E-state index >= 15 is 0 Å². The van der Waals surface area contributed by atoms with Gasteiger partial charge in [-0.15, -0.1) is 0 Å². The molecule has 1 heterocycles. The van der Waals surface area contributed by atoms with Crippen molar-refractivity contribution in [2.45, 2.75) is 38.1 Å². The summed E-state index contributed by atoms with van der Waals surface area (Å²) in [5, 5.41) is 6.33. The molecule has 0 unspecified atom stereocenters. The Bertz CT molecular complexity index is 363. The third-order valence-corrected chi connectivity index (χ3v) is 2.98. The van der Waals surface area contributed by atoms with E-state index in [9.17, 15) is 4.79 Å². The Balaban J connectivity index is 1.45. The van der Waals surface area contributed by atoms with Gasteiger partial charge in [0.15, 0.2) is 0 Å². The second kappa shape index (κ2) is 7.11. The van der Waals surface area contributed by atoms with E-state index in [2.05, 4.69) is 15.6 Å². The summed E-state index contributed by atoms with van der Waals surface area (Å²) in [6.07, 6.45) is 6.61. The van der Waals surface area contributed by atoms with Crippen LogP contribution >= 0.6 is 0 Å². The van der Waals surface area contributed by atoms with Gasteiger partial charge >= 0.3 is 0 Å². The lowest BCUT2D eigenvalue weighted by atomic mass is 10.2. The van der Waals surface area contributed by atoms with Gasteiger partial charge in [0.1, 0.15) is 0 Å². The standard InChI is InChI=1S/C14H21N3O/c18-14(17-13-6-7-13)5-3-9-15-11-8-12-4-1-2-10-16-12/h1-2,4,10,13,15H,3,5-9,11H2,(H,17,18). The number of amides is 1. The van der Waals surface area contributed by atoms with Crippen LogP contribution in [-0.4, -0.2) is 30.0 Å². The average Bonchev–Trinajstić information content (AvgIpc) is 3.19. The van der Waals surface area contributed by atoms with Crippen LogP contribution in [0, 0.1) is 0 Å². The molecule has 0 atom stereocenters. The number of rotatable bonds is 8. The van der Waals surface area contributed by atoms with Gasteiger partial charge in [-0.25, -0.2) is 0 Å². The number of pyridine rings is 1. The maximum Gasteiger partial charge on any atom is 0.220 e. The van der Waals surface area contributed by atoms with Gasteiger partial charge in [0.2, 0.25) is 5.91 Å². The van der Waals surface area contributed by atoms with Gasteiger partial charge in [0.05, 0.1) is 0 Å². The fourth-order valence-electron chi connectivity index (χ4n) is 1.79. The lowest BCUT2D eigenvalue weighted by Crippen LogP contribution is -2.26. The SMILES string of the molecule is O=C(CCCNCCc1ccccn1)NC1CC1. The predicted octanol–water partition coefficient (Wildman–Crippen LogP) is 1.27. The fraction of sp³-hybridized carbons (Fsp3) is 0.571. The van der Waals surface area contributed by atoms with E-state index in [1.54, 1.807) is 0 Å². The molecule has 1 saturated carbocycles. The molecule has 1 aromatic heterocycles. The zero-order chi connectivity index (χ0) is 12.6. The van der Waals surface area contributed by atoms with E-state index in [1.165, 1.54) is 0 Å². The number of hydrogen-bond acceptors (Lipinski definition) is 3. The molecule has 2 N–H and O–H groups in total. The third kappa shape index (κ3) is 5.27. The van der Waals surface area contributed by atoms with Crippen LogP contribution in [0.1, 0.15) is 31.4 Å². The summed E-state index contributed by atoms with van der Waals surface area (Å²) in [5.74, 6) is 0.198. The first kappa shape index (κ1) is 13.0. The average molecular weight is 247 g/mol. The van der Waals surface area contributed by atoms with Crippen molar-refractivity contribution in [1.29, 1.82) is 0 Å². The number of carbonyl (C=O) groups is 1. The van der Waals surface area contributed by atoms with Crippen LogP contribution in [0.3, 0.4) is 0 Å². The minimum atomic E-state index is 0.198. The molecule has 1 aliphatic carbocycles. The quantitative estimate of drug-likeness (QED) is 0.680. The molecule has 98 valence electrons. The van der Waals surface area contributed by atoms with Crippen LogP contribution in [0.5, 0.6) is 0 Å². The van der Waals surface area contributed by atoms with Gasteiger partial charge in [0.25, 0.3) is 0 Å². The topological polar surface area (TPSA) is 54.0 Å². The minimum Gasteiger partial charge on any atom is -0.353 e. The summed E-state index contributed by atoms with van der Waals surface area (Å²) in [6.45, 7) is 1.81. The molecular weight excluding hydrogens is 226 g/mol. The number of nitrogens with zero attached hydrogens (tertiary/aromatic N) is 1. The van der Waals surface area contributed by atoms with Crippen molar-refractivity contribution in [3.63, 3.8) is 0 Å². The zero-order valence-electron chi connectivity index (χ0n) is 10.7. The molecule has 0 saturated heterocycles. The lowest BCUT2D eigenvalue weighted by Gasteiger charge is -2.05. The molecule has 0 spiro atoms. The molecule has 18 heavy (non-hydrogen) atoms. The van der Waals surface area contributed by atoms with Crippen molar-refractivity contribution in [2.75, 3.05) is 13.1 Å². The molecule has 1 amide bonds. The highest BCUT2D eigenvalue weighted by Crippen LogP contribution is 2.18. The Morgan fingerprint density at radius 1 is 1.33 bits per heavy atom.